The Hall–Kier alpha value is -2.23. The van der Waals surface area contributed by atoms with Gasteiger partial charge < -0.3 is 0 Å². The van der Waals surface area contributed by atoms with E-state index in [1.54, 1.807) is 36.4 Å². The summed E-state index contributed by atoms with van der Waals surface area (Å²) in [5, 5.41) is 3.94. The van der Waals surface area contributed by atoms with Gasteiger partial charge in [-0.05, 0) is 24.3 Å². The summed E-state index contributed by atoms with van der Waals surface area (Å²) in [5.74, 6) is -0.0706. The standard InChI is InChI=1S/C12H11N3O/c1-15-9-10(8-14-15)12(16)6-5-11-4-2-3-7-13-11/h2-9H,1H3/b6-5+. The first-order valence-electron chi connectivity index (χ1n) is 4.88. The SMILES string of the molecule is Cn1cc(C(=O)/C=C/c2ccccn2)cn1. The molecule has 2 aromatic heterocycles. The van der Waals surface area contributed by atoms with Crippen LogP contribution < -0.4 is 0 Å². The third-order valence-electron chi connectivity index (χ3n) is 2.08. The summed E-state index contributed by atoms with van der Waals surface area (Å²) < 4.78 is 1.60. The highest BCUT2D eigenvalue weighted by Crippen LogP contribution is 2.02. The van der Waals surface area contributed by atoms with Gasteiger partial charge in [-0.25, -0.2) is 0 Å². The Balaban J connectivity index is 2.11. The van der Waals surface area contributed by atoms with Gasteiger partial charge in [0.15, 0.2) is 5.78 Å². The highest BCUT2D eigenvalue weighted by Gasteiger charge is 2.03. The van der Waals surface area contributed by atoms with E-state index in [1.165, 1.54) is 6.08 Å². The van der Waals surface area contributed by atoms with Crippen molar-refractivity contribution in [1.82, 2.24) is 14.8 Å². The minimum absolute atomic E-state index is 0.0706. The molecule has 80 valence electrons. The molecule has 2 rings (SSSR count). The van der Waals surface area contributed by atoms with Gasteiger partial charge in [-0.2, -0.15) is 5.10 Å². The van der Waals surface area contributed by atoms with Crippen LogP contribution >= 0.6 is 0 Å². The molecule has 16 heavy (non-hydrogen) atoms. The summed E-state index contributed by atoms with van der Waals surface area (Å²) in [6, 6.07) is 5.55. The third kappa shape index (κ3) is 2.42. The Bertz CT molecular complexity index is 514. The lowest BCUT2D eigenvalue weighted by molar-refractivity contribution is 0.104. The van der Waals surface area contributed by atoms with Crippen molar-refractivity contribution in [2.75, 3.05) is 0 Å². The van der Waals surface area contributed by atoms with Crippen molar-refractivity contribution < 1.29 is 4.79 Å². The van der Waals surface area contributed by atoms with Gasteiger partial charge in [0.05, 0.1) is 17.5 Å². The van der Waals surface area contributed by atoms with E-state index in [0.29, 0.717) is 5.56 Å². The predicted octanol–water partition coefficient (Wildman–Crippen LogP) is 1.71. The quantitative estimate of drug-likeness (QED) is 0.576. The van der Waals surface area contributed by atoms with E-state index in [1.807, 2.05) is 18.2 Å². The molecule has 0 radical (unpaired) electrons. The second-order valence-electron chi connectivity index (χ2n) is 3.35. The number of carbonyl (C=O) groups is 1. The van der Waals surface area contributed by atoms with Crippen LogP contribution in [0.2, 0.25) is 0 Å². The molecule has 2 heterocycles. The fraction of sp³-hybridized carbons (Fsp3) is 0.0833. The van der Waals surface area contributed by atoms with Gasteiger partial charge in [0.2, 0.25) is 0 Å². The van der Waals surface area contributed by atoms with Crippen LogP contribution in [0, 0.1) is 0 Å². The average Bonchev–Trinajstić information content (AvgIpc) is 2.74. The molecule has 2 aromatic rings. The van der Waals surface area contributed by atoms with Gasteiger partial charge in [0.1, 0.15) is 0 Å². The highest BCUT2D eigenvalue weighted by molar-refractivity contribution is 6.06. The molecule has 0 atom stereocenters. The maximum absolute atomic E-state index is 11.7. The third-order valence-corrected chi connectivity index (χ3v) is 2.08. The summed E-state index contributed by atoms with van der Waals surface area (Å²) in [7, 11) is 1.78. The normalized spacial score (nSPS) is 10.8. The summed E-state index contributed by atoms with van der Waals surface area (Å²) in [6.45, 7) is 0. The number of nitrogens with zero attached hydrogens (tertiary/aromatic N) is 3. The van der Waals surface area contributed by atoms with E-state index in [2.05, 4.69) is 10.1 Å². The summed E-state index contributed by atoms with van der Waals surface area (Å²) in [5.41, 5.74) is 1.34. The van der Waals surface area contributed by atoms with Crippen LogP contribution in [0.1, 0.15) is 16.1 Å². The van der Waals surface area contributed by atoms with E-state index in [0.717, 1.165) is 5.69 Å². The van der Waals surface area contributed by atoms with Crippen LogP contribution in [0.15, 0.2) is 42.9 Å². The number of hydrogen-bond acceptors (Lipinski definition) is 3. The van der Waals surface area contributed by atoms with Crippen LogP contribution in [-0.4, -0.2) is 20.5 Å². The second-order valence-corrected chi connectivity index (χ2v) is 3.35. The Labute approximate surface area is 93.2 Å². The van der Waals surface area contributed by atoms with Crippen LogP contribution in [0.5, 0.6) is 0 Å². The number of ketones is 1. The number of rotatable bonds is 3. The second kappa shape index (κ2) is 4.53. The van der Waals surface area contributed by atoms with Crippen molar-refractivity contribution >= 4 is 11.9 Å². The maximum atomic E-state index is 11.7. The van der Waals surface area contributed by atoms with Gasteiger partial charge in [-0.15, -0.1) is 0 Å². The van der Waals surface area contributed by atoms with E-state index in [4.69, 9.17) is 0 Å². The van der Waals surface area contributed by atoms with E-state index in [9.17, 15) is 4.79 Å². The molecule has 0 fully saturated rings. The lowest BCUT2D eigenvalue weighted by Crippen LogP contribution is -1.92. The van der Waals surface area contributed by atoms with E-state index in [-0.39, 0.29) is 5.78 Å². The molecule has 0 aliphatic heterocycles. The molecule has 0 spiro atoms. The first kappa shape index (κ1) is 10.3. The van der Waals surface area contributed by atoms with Gasteiger partial charge in [-0.1, -0.05) is 6.07 Å². The van der Waals surface area contributed by atoms with Gasteiger partial charge in [-0.3, -0.25) is 14.5 Å². The predicted molar refractivity (Wildman–Crippen MR) is 60.8 cm³/mol. The van der Waals surface area contributed by atoms with Gasteiger partial charge in [0, 0.05) is 19.4 Å². The number of aromatic nitrogens is 3. The fourth-order valence-corrected chi connectivity index (χ4v) is 1.28. The molecule has 0 aliphatic carbocycles. The average molecular weight is 213 g/mol. The smallest absolute Gasteiger partial charge is 0.189 e. The molecule has 0 bridgehead atoms. The molecular formula is C12H11N3O. The minimum atomic E-state index is -0.0706. The van der Waals surface area contributed by atoms with Crippen molar-refractivity contribution in [3.63, 3.8) is 0 Å². The van der Waals surface area contributed by atoms with Crippen LogP contribution in [-0.2, 0) is 7.05 Å². The monoisotopic (exact) mass is 213 g/mol. The number of aryl methyl sites for hydroxylation is 1. The maximum Gasteiger partial charge on any atom is 0.189 e. The van der Waals surface area contributed by atoms with Crippen LogP contribution in [0.25, 0.3) is 6.08 Å². The highest BCUT2D eigenvalue weighted by atomic mass is 16.1. The van der Waals surface area contributed by atoms with Crippen molar-refractivity contribution in [1.29, 1.82) is 0 Å². The Morgan fingerprint density at radius 2 is 2.31 bits per heavy atom. The van der Waals surface area contributed by atoms with Crippen molar-refractivity contribution in [3.8, 4) is 0 Å². The van der Waals surface area contributed by atoms with Gasteiger partial charge >= 0.3 is 0 Å². The zero-order chi connectivity index (χ0) is 11.4. The van der Waals surface area contributed by atoms with Crippen molar-refractivity contribution in [3.05, 3.63) is 54.1 Å². The molecule has 4 nitrogen and oxygen atoms in total. The number of pyridine rings is 1. The molecule has 0 N–H and O–H groups in total. The van der Waals surface area contributed by atoms with E-state index >= 15 is 0 Å². The van der Waals surface area contributed by atoms with E-state index < -0.39 is 0 Å². The Kier molecular flexibility index (Phi) is 2.91. The molecule has 0 saturated heterocycles. The van der Waals surface area contributed by atoms with Crippen molar-refractivity contribution in [2.24, 2.45) is 7.05 Å². The molecular weight excluding hydrogens is 202 g/mol. The summed E-state index contributed by atoms with van der Waals surface area (Å²) >= 11 is 0. The van der Waals surface area contributed by atoms with Crippen LogP contribution in [0.4, 0.5) is 0 Å². The molecule has 4 heteroatoms. The first-order chi connectivity index (χ1) is 7.75. The zero-order valence-electron chi connectivity index (χ0n) is 8.87. The fourth-order valence-electron chi connectivity index (χ4n) is 1.28. The number of allylic oxidation sites excluding steroid dienone is 1. The Morgan fingerprint density at radius 1 is 1.44 bits per heavy atom. The Morgan fingerprint density at radius 3 is 2.94 bits per heavy atom. The number of carbonyl (C=O) groups excluding carboxylic acids is 1. The van der Waals surface area contributed by atoms with Gasteiger partial charge in [0.25, 0.3) is 0 Å². The molecule has 0 aliphatic rings. The minimum Gasteiger partial charge on any atom is -0.289 e. The van der Waals surface area contributed by atoms with Crippen molar-refractivity contribution in [2.45, 2.75) is 0 Å². The first-order valence-corrected chi connectivity index (χ1v) is 4.88. The molecule has 0 amide bonds. The lowest BCUT2D eigenvalue weighted by atomic mass is 10.2. The molecule has 0 saturated carbocycles. The number of hydrogen-bond donors (Lipinski definition) is 0. The van der Waals surface area contributed by atoms with Crippen LogP contribution in [0.3, 0.4) is 0 Å². The summed E-state index contributed by atoms with van der Waals surface area (Å²) in [4.78, 5) is 15.8. The lowest BCUT2D eigenvalue weighted by Gasteiger charge is -1.90. The zero-order valence-corrected chi connectivity index (χ0v) is 8.87. The molecule has 0 aromatic carbocycles. The topological polar surface area (TPSA) is 47.8 Å². The largest absolute Gasteiger partial charge is 0.289 e. The molecule has 0 unspecified atom stereocenters. The summed E-state index contributed by atoms with van der Waals surface area (Å²) in [6.07, 6.45) is 8.11.